The number of likely N-dealkylation sites (tertiary alicyclic amines) is 1. The molecule has 2 rings (SSSR count). The first-order valence-electron chi connectivity index (χ1n) is 7.27. The molecule has 3 heteroatoms. The first-order valence-corrected chi connectivity index (χ1v) is 7.27. The van der Waals surface area contributed by atoms with Crippen molar-refractivity contribution in [3.05, 3.63) is 35.4 Å². The van der Waals surface area contributed by atoms with E-state index in [1.165, 1.54) is 12.0 Å². The summed E-state index contributed by atoms with van der Waals surface area (Å²) in [4.78, 5) is 2.40. The lowest BCUT2D eigenvalue weighted by Gasteiger charge is -2.18. The molecule has 0 aliphatic carbocycles. The van der Waals surface area contributed by atoms with E-state index in [4.69, 9.17) is 5.11 Å². The highest BCUT2D eigenvalue weighted by atomic mass is 16.3. The molecule has 0 bridgehead atoms. The van der Waals surface area contributed by atoms with Gasteiger partial charge in [0.1, 0.15) is 0 Å². The van der Waals surface area contributed by atoms with Crippen molar-refractivity contribution in [3.8, 4) is 0 Å². The lowest BCUT2D eigenvalue weighted by molar-refractivity contribution is 0.147. The van der Waals surface area contributed by atoms with Crippen molar-refractivity contribution < 1.29 is 10.2 Å². The van der Waals surface area contributed by atoms with Crippen LogP contribution in [-0.2, 0) is 0 Å². The Balaban J connectivity index is 1.76. The Morgan fingerprint density at radius 1 is 1.42 bits per heavy atom. The molecule has 1 heterocycles. The Hall–Kier alpha value is -0.900. The molecule has 1 saturated heterocycles. The van der Waals surface area contributed by atoms with Gasteiger partial charge in [-0.15, -0.1) is 0 Å². The third kappa shape index (κ3) is 4.30. The number of hydrogen-bond acceptors (Lipinski definition) is 3. The second kappa shape index (κ2) is 7.04. The quantitative estimate of drug-likeness (QED) is 0.826. The fraction of sp³-hybridized carbons (Fsp3) is 0.625. The van der Waals surface area contributed by atoms with E-state index in [1.54, 1.807) is 0 Å². The monoisotopic (exact) mass is 263 g/mol. The van der Waals surface area contributed by atoms with Gasteiger partial charge < -0.3 is 15.1 Å². The van der Waals surface area contributed by atoms with Gasteiger partial charge in [0.05, 0.1) is 6.10 Å². The molecule has 2 unspecified atom stereocenters. The maximum Gasteiger partial charge on any atom is 0.0802 e. The molecule has 1 aromatic carbocycles. The van der Waals surface area contributed by atoms with Crippen LogP contribution < -0.4 is 0 Å². The number of benzene rings is 1. The lowest BCUT2D eigenvalue weighted by atomic mass is 10.0. The van der Waals surface area contributed by atoms with Crippen molar-refractivity contribution in [3.63, 3.8) is 0 Å². The smallest absolute Gasteiger partial charge is 0.0802 e. The zero-order valence-corrected chi connectivity index (χ0v) is 11.8. The summed E-state index contributed by atoms with van der Waals surface area (Å²) >= 11 is 0. The fourth-order valence-corrected chi connectivity index (χ4v) is 2.88. The second-order valence-electron chi connectivity index (χ2n) is 5.69. The van der Waals surface area contributed by atoms with Crippen LogP contribution in [0.2, 0.25) is 0 Å². The van der Waals surface area contributed by atoms with Crippen LogP contribution >= 0.6 is 0 Å². The molecule has 106 valence electrons. The normalized spacial score (nSPS) is 21.7. The van der Waals surface area contributed by atoms with Crippen LogP contribution in [-0.4, -0.2) is 41.4 Å². The summed E-state index contributed by atoms with van der Waals surface area (Å²) < 4.78 is 0. The van der Waals surface area contributed by atoms with Crippen molar-refractivity contribution >= 4 is 0 Å². The average molecular weight is 263 g/mol. The van der Waals surface area contributed by atoms with E-state index >= 15 is 0 Å². The van der Waals surface area contributed by atoms with Crippen molar-refractivity contribution in [2.75, 3.05) is 26.2 Å². The highest BCUT2D eigenvalue weighted by Crippen LogP contribution is 2.22. The topological polar surface area (TPSA) is 43.7 Å². The van der Waals surface area contributed by atoms with Crippen LogP contribution in [0.25, 0.3) is 0 Å². The summed E-state index contributed by atoms with van der Waals surface area (Å²) in [6.45, 7) is 5.46. The summed E-state index contributed by atoms with van der Waals surface area (Å²) in [5, 5.41) is 19.2. The number of hydrogen-bond donors (Lipinski definition) is 2. The summed E-state index contributed by atoms with van der Waals surface area (Å²) in [5.41, 5.74) is 2.21. The number of rotatable bonds is 6. The van der Waals surface area contributed by atoms with Crippen molar-refractivity contribution in [2.45, 2.75) is 32.3 Å². The third-order valence-electron chi connectivity index (χ3n) is 4.05. The van der Waals surface area contributed by atoms with E-state index in [0.717, 1.165) is 38.0 Å². The maximum absolute atomic E-state index is 10.2. The molecule has 2 atom stereocenters. The molecule has 0 saturated carbocycles. The predicted molar refractivity (Wildman–Crippen MR) is 77.0 cm³/mol. The zero-order chi connectivity index (χ0) is 13.7. The van der Waals surface area contributed by atoms with Gasteiger partial charge in [-0.2, -0.15) is 0 Å². The van der Waals surface area contributed by atoms with Gasteiger partial charge in [-0.05, 0) is 44.2 Å². The molecule has 1 aliphatic rings. The molecular weight excluding hydrogens is 238 g/mol. The van der Waals surface area contributed by atoms with Crippen LogP contribution in [0.15, 0.2) is 24.3 Å². The molecule has 1 aromatic rings. The molecular formula is C16H25NO2. The van der Waals surface area contributed by atoms with Crippen LogP contribution in [0.1, 0.15) is 36.5 Å². The third-order valence-corrected chi connectivity index (χ3v) is 4.05. The molecule has 1 aliphatic heterocycles. The Kier molecular flexibility index (Phi) is 5.37. The van der Waals surface area contributed by atoms with Crippen molar-refractivity contribution in [1.29, 1.82) is 0 Å². The number of aliphatic hydroxyl groups is 2. The predicted octanol–water partition coefficient (Wildman–Crippen LogP) is 2.12. The van der Waals surface area contributed by atoms with E-state index in [1.807, 2.05) is 12.1 Å². The van der Waals surface area contributed by atoms with E-state index in [9.17, 15) is 5.11 Å². The Morgan fingerprint density at radius 2 is 2.26 bits per heavy atom. The molecule has 0 amide bonds. The SMILES string of the molecule is Cc1cccc(C(O)CCN2CCC(CCO)C2)c1. The highest BCUT2D eigenvalue weighted by Gasteiger charge is 2.22. The Labute approximate surface area is 115 Å². The Morgan fingerprint density at radius 3 is 3.00 bits per heavy atom. The summed E-state index contributed by atoms with van der Waals surface area (Å²) in [5.74, 6) is 0.640. The first kappa shape index (κ1) is 14.5. The fourth-order valence-electron chi connectivity index (χ4n) is 2.88. The first-order chi connectivity index (χ1) is 9.19. The number of aryl methyl sites for hydroxylation is 1. The van der Waals surface area contributed by atoms with E-state index in [2.05, 4.69) is 24.0 Å². The molecule has 0 aromatic heterocycles. The average Bonchev–Trinajstić information content (AvgIpc) is 2.84. The van der Waals surface area contributed by atoms with Gasteiger partial charge in [0.2, 0.25) is 0 Å². The van der Waals surface area contributed by atoms with Gasteiger partial charge in [0.15, 0.2) is 0 Å². The lowest BCUT2D eigenvalue weighted by Crippen LogP contribution is -2.23. The van der Waals surface area contributed by atoms with Gasteiger partial charge in [-0.1, -0.05) is 29.8 Å². The maximum atomic E-state index is 10.2. The zero-order valence-electron chi connectivity index (χ0n) is 11.8. The minimum absolute atomic E-state index is 0.296. The summed E-state index contributed by atoms with van der Waals surface area (Å²) in [6.07, 6.45) is 2.52. The van der Waals surface area contributed by atoms with Crippen LogP contribution in [0.5, 0.6) is 0 Å². The largest absolute Gasteiger partial charge is 0.396 e. The summed E-state index contributed by atoms with van der Waals surface area (Å²) in [7, 11) is 0. The van der Waals surface area contributed by atoms with Gasteiger partial charge >= 0.3 is 0 Å². The molecule has 19 heavy (non-hydrogen) atoms. The van der Waals surface area contributed by atoms with Gasteiger partial charge in [-0.3, -0.25) is 0 Å². The van der Waals surface area contributed by atoms with Gasteiger partial charge in [0, 0.05) is 19.7 Å². The van der Waals surface area contributed by atoms with Crippen LogP contribution in [0.3, 0.4) is 0 Å². The second-order valence-corrected chi connectivity index (χ2v) is 5.69. The highest BCUT2D eigenvalue weighted by molar-refractivity contribution is 5.23. The minimum Gasteiger partial charge on any atom is -0.396 e. The molecule has 2 N–H and O–H groups in total. The number of nitrogens with zero attached hydrogens (tertiary/aromatic N) is 1. The minimum atomic E-state index is -0.364. The molecule has 0 radical (unpaired) electrons. The number of aliphatic hydroxyl groups excluding tert-OH is 2. The van der Waals surface area contributed by atoms with Crippen LogP contribution in [0.4, 0.5) is 0 Å². The van der Waals surface area contributed by atoms with Gasteiger partial charge in [-0.25, -0.2) is 0 Å². The van der Waals surface area contributed by atoms with E-state index in [0.29, 0.717) is 12.5 Å². The standard InChI is InChI=1S/C16H25NO2/c1-13-3-2-4-15(11-13)16(19)6-9-17-8-5-14(12-17)7-10-18/h2-4,11,14,16,18-19H,5-10,12H2,1H3. The Bertz CT molecular complexity index is 394. The summed E-state index contributed by atoms with van der Waals surface area (Å²) in [6, 6.07) is 8.11. The van der Waals surface area contributed by atoms with Crippen molar-refractivity contribution in [2.24, 2.45) is 5.92 Å². The molecule has 0 spiro atoms. The molecule has 3 nitrogen and oxygen atoms in total. The van der Waals surface area contributed by atoms with Gasteiger partial charge in [0.25, 0.3) is 0 Å². The van der Waals surface area contributed by atoms with E-state index in [-0.39, 0.29) is 6.10 Å². The van der Waals surface area contributed by atoms with E-state index < -0.39 is 0 Å². The molecule has 1 fully saturated rings. The van der Waals surface area contributed by atoms with Crippen LogP contribution in [0, 0.1) is 12.8 Å². The van der Waals surface area contributed by atoms with Crippen molar-refractivity contribution in [1.82, 2.24) is 4.90 Å².